The zero-order chi connectivity index (χ0) is 15.2. The minimum absolute atomic E-state index is 0.220. The molecule has 0 aliphatic carbocycles. The van der Waals surface area contributed by atoms with Crippen LogP contribution in [0.5, 0.6) is 5.75 Å². The van der Waals surface area contributed by atoms with E-state index < -0.39 is 6.10 Å². The Labute approximate surface area is 130 Å². The van der Waals surface area contributed by atoms with E-state index in [-0.39, 0.29) is 6.61 Å². The van der Waals surface area contributed by atoms with Crippen molar-refractivity contribution < 1.29 is 9.84 Å². The Morgan fingerprint density at radius 1 is 1.19 bits per heavy atom. The molecular formula is C17H20ClNO2. The molecule has 0 fully saturated rings. The second-order valence-electron chi connectivity index (χ2n) is 5.05. The molecule has 2 aromatic carbocycles. The zero-order valence-corrected chi connectivity index (χ0v) is 13.0. The third-order valence-corrected chi connectivity index (χ3v) is 3.61. The van der Waals surface area contributed by atoms with E-state index in [1.165, 1.54) is 11.1 Å². The second kappa shape index (κ2) is 7.34. The largest absolute Gasteiger partial charge is 0.491 e. The lowest BCUT2D eigenvalue weighted by molar-refractivity contribution is 0.117. The number of benzene rings is 2. The van der Waals surface area contributed by atoms with Crippen LogP contribution in [-0.2, 0) is 0 Å². The minimum Gasteiger partial charge on any atom is -0.491 e. The number of hydrogen-bond donors (Lipinski definition) is 2. The molecule has 2 rings (SSSR count). The first-order valence-electron chi connectivity index (χ1n) is 6.93. The van der Waals surface area contributed by atoms with E-state index >= 15 is 0 Å². The molecule has 0 aliphatic heterocycles. The molecule has 2 N–H and O–H groups in total. The van der Waals surface area contributed by atoms with Crippen LogP contribution in [-0.4, -0.2) is 24.4 Å². The van der Waals surface area contributed by atoms with Crippen LogP contribution in [0.25, 0.3) is 0 Å². The van der Waals surface area contributed by atoms with E-state index in [0.717, 1.165) is 5.69 Å². The van der Waals surface area contributed by atoms with Crippen molar-refractivity contribution in [2.24, 2.45) is 0 Å². The summed E-state index contributed by atoms with van der Waals surface area (Å²) in [7, 11) is 0. The summed E-state index contributed by atoms with van der Waals surface area (Å²) in [6, 6.07) is 13.2. The molecule has 21 heavy (non-hydrogen) atoms. The summed E-state index contributed by atoms with van der Waals surface area (Å²) in [5, 5.41) is 13.8. The van der Waals surface area contributed by atoms with E-state index in [1.54, 1.807) is 12.1 Å². The molecule has 0 heterocycles. The summed E-state index contributed by atoms with van der Waals surface area (Å²) in [6.45, 7) is 4.79. The van der Waals surface area contributed by atoms with Crippen molar-refractivity contribution in [2.75, 3.05) is 18.5 Å². The van der Waals surface area contributed by atoms with Crippen LogP contribution in [0.3, 0.4) is 0 Å². The van der Waals surface area contributed by atoms with Crippen LogP contribution in [0.2, 0.25) is 5.02 Å². The average molecular weight is 306 g/mol. The third-order valence-electron chi connectivity index (χ3n) is 3.37. The molecule has 1 unspecified atom stereocenters. The molecule has 0 saturated heterocycles. The molecule has 0 saturated carbocycles. The van der Waals surface area contributed by atoms with Gasteiger partial charge in [-0.1, -0.05) is 29.8 Å². The molecule has 2 aromatic rings. The maximum absolute atomic E-state index is 9.98. The number of aryl methyl sites for hydroxylation is 1. The molecule has 0 aliphatic rings. The Balaban J connectivity index is 1.82. The van der Waals surface area contributed by atoms with Crippen LogP contribution in [0.4, 0.5) is 5.69 Å². The molecule has 0 aromatic heterocycles. The number of nitrogens with one attached hydrogen (secondary N) is 1. The standard InChI is InChI=1S/C17H20ClNO2/c1-12-5-3-8-17(13(12)2)19-10-15(20)11-21-16-7-4-6-14(18)9-16/h3-9,15,19-20H,10-11H2,1-2H3. The van der Waals surface area contributed by atoms with Crippen LogP contribution < -0.4 is 10.1 Å². The van der Waals surface area contributed by atoms with Gasteiger partial charge in [-0.05, 0) is 49.2 Å². The summed E-state index contributed by atoms with van der Waals surface area (Å²) >= 11 is 5.88. The van der Waals surface area contributed by atoms with E-state index in [4.69, 9.17) is 16.3 Å². The Kier molecular flexibility index (Phi) is 5.48. The van der Waals surface area contributed by atoms with E-state index in [1.807, 2.05) is 24.3 Å². The Morgan fingerprint density at radius 2 is 1.95 bits per heavy atom. The maximum atomic E-state index is 9.98. The molecule has 0 spiro atoms. The summed E-state index contributed by atoms with van der Waals surface area (Å²) in [5.41, 5.74) is 3.46. The van der Waals surface area contributed by atoms with Crippen LogP contribution in [0.15, 0.2) is 42.5 Å². The van der Waals surface area contributed by atoms with Crippen molar-refractivity contribution in [1.29, 1.82) is 0 Å². The molecule has 0 radical (unpaired) electrons. The highest BCUT2D eigenvalue weighted by atomic mass is 35.5. The highest BCUT2D eigenvalue weighted by molar-refractivity contribution is 6.30. The van der Waals surface area contributed by atoms with Gasteiger partial charge in [0.1, 0.15) is 18.5 Å². The predicted molar refractivity (Wildman–Crippen MR) is 87.4 cm³/mol. The topological polar surface area (TPSA) is 41.5 Å². The predicted octanol–water partition coefficient (Wildman–Crippen LogP) is 3.81. The lowest BCUT2D eigenvalue weighted by Gasteiger charge is -2.16. The fourth-order valence-corrected chi connectivity index (χ4v) is 2.16. The van der Waals surface area contributed by atoms with Gasteiger partial charge in [-0.3, -0.25) is 0 Å². The molecule has 4 heteroatoms. The molecule has 1 atom stereocenters. The summed E-state index contributed by atoms with van der Waals surface area (Å²) < 4.78 is 5.52. The van der Waals surface area contributed by atoms with E-state index in [0.29, 0.717) is 17.3 Å². The van der Waals surface area contributed by atoms with Crippen LogP contribution in [0.1, 0.15) is 11.1 Å². The molecular weight excluding hydrogens is 286 g/mol. The molecule has 112 valence electrons. The molecule has 0 bridgehead atoms. The summed E-state index contributed by atoms with van der Waals surface area (Å²) in [4.78, 5) is 0. The lowest BCUT2D eigenvalue weighted by atomic mass is 10.1. The normalized spacial score (nSPS) is 12.0. The first-order chi connectivity index (χ1) is 10.1. The van der Waals surface area contributed by atoms with Crippen molar-refractivity contribution >= 4 is 17.3 Å². The first-order valence-corrected chi connectivity index (χ1v) is 7.30. The van der Waals surface area contributed by atoms with Crippen molar-refractivity contribution in [2.45, 2.75) is 20.0 Å². The summed E-state index contributed by atoms with van der Waals surface area (Å²) in [5.74, 6) is 0.660. The Morgan fingerprint density at radius 3 is 2.71 bits per heavy atom. The third kappa shape index (κ3) is 4.66. The van der Waals surface area contributed by atoms with Crippen LogP contribution in [0, 0.1) is 13.8 Å². The van der Waals surface area contributed by atoms with Gasteiger partial charge in [0.2, 0.25) is 0 Å². The minimum atomic E-state index is -0.594. The van der Waals surface area contributed by atoms with Gasteiger partial charge in [-0.2, -0.15) is 0 Å². The van der Waals surface area contributed by atoms with Gasteiger partial charge in [0, 0.05) is 17.3 Å². The number of aliphatic hydroxyl groups excluding tert-OH is 1. The SMILES string of the molecule is Cc1cccc(NCC(O)COc2cccc(Cl)c2)c1C. The van der Waals surface area contributed by atoms with Crippen LogP contribution >= 0.6 is 11.6 Å². The fraction of sp³-hybridized carbons (Fsp3) is 0.294. The number of aliphatic hydroxyl groups is 1. The smallest absolute Gasteiger partial charge is 0.120 e. The van der Waals surface area contributed by atoms with Gasteiger partial charge < -0.3 is 15.2 Å². The molecule has 3 nitrogen and oxygen atoms in total. The lowest BCUT2D eigenvalue weighted by Crippen LogP contribution is -2.26. The van der Waals surface area contributed by atoms with E-state index in [2.05, 4.69) is 25.2 Å². The first kappa shape index (κ1) is 15.7. The number of anilines is 1. The van der Waals surface area contributed by atoms with Crippen molar-refractivity contribution in [3.05, 3.63) is 58.6 Å². The van der Waals surface area contributed by atoms with Gasteiger partial charge in [0.05, 0.1) is 0 Å². The Hall–Kier alpha value is -1.71. The zero-order valence-electron chi connectivity index (χ0n) is 12.3. The van der Waals surface area contributed by atoms with Gasteiger partial charge >= 0.3 is 0 Å². The van der Waals surface area contributed by atoms with Crippen molar-refractivity contribution in [1.82, 2.24) is 0 Å². The average Bonchev–Trinajstić information content (AvgIpc) is 2.47. The van der Waals surface area contributed by atoms with Gasteiger partial charge in [0.25, 0.3) is 0 Å². The van der Waals surface area contributed by atoms with Gasteiger partial charge in [-0.15, -0.1) is 0 Å². The molecule has 0 amide bonds. The Bertz CT molecular complexity index is 601. The van der Waals surface area contributed by atoms with Crippen molar-refractivity contribution in [3.8, 4) is 5.75 Å². The highest BCUT2D eigenvalue weighted by Crippen LogP contribution is 2.19. The maximum Gasteiger partial charge on any atom is 0.120 e. The second-order valence-corrected chi connectivity index (χ2v) is 5.49. The number of halogens is 1. The number of hydrogen-bond acceptors (Lipinski definition) is 3. The van der Waals surface area contributed by atoms with Crippen molar-refractivity contribution in [3.63, 3.8) is 0 Å². The quantitative estimate of drug-likeness (QED) is 0.853. The monoisotopic (exact) mass is 305 g/mol. The van der Waals surface area contributed by atoms with Gasteiger partial charge in [0.15, 0.2) is 0 Å². The summed E-state index contributed by atoms with van der Waals surface area (Å²) in [6.07, 6.45) is -0.594. The van der Waals surface area contributed by atoms with E-state index in [9.17, 15) is 5.11 Å². The fourth-order valence-electron chi connectivity index (χ4n) is 1.98. The van der Waals surface area contributed by atoms with Gasteiger partial charge in [-0.25, -0.2) is 0 Å². The number of ether oxygens (including phenoxy) is 1. The number of rotatable bonds is 6. The highest BCUT2D eigenvalue weighted by Gasteiger charge is 2.07.